The van der Waals surface area contributed by atoms with Crippen LogP contribution >= 0.6 is 11.3 Å². The van der Waals surface area contributed by atoms with Crippen LogP contribution in [-0.4, -0.2) is 36.6 Å². The van der Waals surface area contributed by atoms with E-state index in [0.717, 1.165) is 21.6 Å². The smallest absolute Gasteiger partial charge is 0.238 e. The molecule has 5 nitrogen and oxygen atoms in total. The summed E-state index contributed by atoms with van der Waals surface area (Å²) in [4.78, 5) is 16.3. The van der Waals surface area contributed by atoms with Gasteiger partial charge in [0.25, 0.3) is 0 Å². The molecule has 3 aromatic rings. The van der Waals surface area contributed by atoms with Crippen LogP contribution in [0.2, 0.25) is 0 Å². The number of carbonyl (C=O) groups is 1. The highest BCUT2D eigenvalue weighted by Crippen LogP contribution is 2.20. The molecule has 0 radical (unpaired) electrons. The molecule has 0 unspecified atom stereocenters. The summed E-state index contributed by atoms with van der Waals surface area (Å²) in [6.07, 6.45) is 1.57. The quantitative estimate of drug-likeness (QED) is 0.350. The fraction of sp³-hybridized carbons (Fsp3) is 0.296. The first kappa shape index (κ1) is 25.9. The standard InChI is InChI=1S/C27H32N2O3S2/c1-22(2)18-29(34(31,32)17-15-24-10-6-4-7-11-24)21-27(30)28(19-25-12-8-5-9-13-25)20-26-23(3)14-16-33-26/h4-17,22H,18-21H2,1-3H3/b17-15+. The Labute approximate surface area is 207 Å². The molecule has 180 valence electrons. The van der Waals surface area contributed by atoms with Crippen molar-refractivity contribution in [3.05, 3.63) is 99.1 Å². The topological polar surface area (TPSA) is 57.7 Å². The highest BCUT2D eigenvalue weighted by atomic mass is 32.2. The molecular formula is C27H32N2O3S2. The fourth-order valence-electron chi connectivity index (χ4n) is 3.51. The Morgan fingerprint density at radius 1 is 0.971 bits per heavy atom. The van der Waals surface area contributed by atoms with Crippen LogP contribution in [0.3, 0.4) is 0 Å². The van der Waals surface area contributed by atoms with E-state index in [0.29, 0.717) is 13.1 Å². The van der Waals surface area contributed by atoms with Crippen LogP contribution in [0.5, 0.6) is 0 Å². The average molecular weight is 497 g/mol. The van der Waals surface area contributed by atoms with Crippen molar-refractivity contribution >= 4 is 33.3 Å². The summed E-state index contributed by atoms with van der Waals surface area (Å²) in [6.45, 7) is 6.87. The van der Waals surface area contributed by atoms with Gasteiger partial charge in [0, 0.05) is 23.4 Å². The van der Waals surface area contributed by atoms with Gasteiger partial charge in [-0.1, -0.05) is 74.5 Å². The SMILES string of the molecule is Cc1ccsc1CN(Cc1ccccc1)C(=O)CN(CC(C)C)S(=O)(=O)/C=C/c1ccccc1. The Balaban J connectivity index is 1.83. The van der Waals surface area contributed by atoms with Gasteiger partial charge in [-0.05, 0) is 47.1 Å². The summed E-state index contributed by atoms with van der Waals surface area (Å²) in [7, 11) is -3.78. The normalized spacial score (nSPS) is 12.0. The van der Waals surface area contributed by atoms with E-state index in [1.165, 1.54) is 9.71 Å². The Bertz CT molecular complexity index is 1190. The molecule has 0 aliphatic heterocycles. The van der Waals surface area contributed by atoms with Crippen LogP contribution in [-0.2, 0) is 27.9 Å². The Kier molecular flexibility index (Phi) is 9.21. The third kappa shape index (κ3) is 7.65. The second-order valence-electron chi connectivity index (χ2n) is 8.71. The first-order valence-electron chi connectivity index (χ1n) is 11.3. The summed E-state index contributed by atoms with van der Waals surface area (Å²) < 4.78 is 27.7. The molecule has 7 heteroatoms. The van der Waals surface area contributed by atoms with Crippen molar-refractivity contribution in [3.63, 3.8) is 0 Å². The van der Waals surface area contributed by atoms with E-state index in [4.69, 9.17) is 0 Å². The molecule has 0 aliphatic carbocycles. The van der Waals surface area contributed by atoms with Crippen LogP contribution in [0.15, 0.2) is 77.5 Å². The van der Waals surface area contributed by atoms with Crippen LogP contribution in [0.1, 0.15) is 35.4 Å². The van der Waals surface area contributed by atoms with Crippen molar-refractivity contribution in [1.82, 2.24) is 9.21 Å². The van der Waals surface area contributed by atoms with Crippen LogP contribution in [0.25, 0.3) is 6.08 Å². The average Bonchev–Trinajstić information content (AvgIpc) is 3.22. The minimum atomic E-state index is -3.78. The minimum Gasteiger partial charge on any atom is -0.332 e. The number of rotatable bonds is 11. The van der Waals surface area contributed by atoms with E-state index in [2.05, 4.69) is 0 Å². The number of hydrogen-bond acceptors (Lipinski definition) is 4. The molecular weight excluding hydrogens is 464 g/mol. The molecule has 1 aromatic heterocycles. The lowest BCUT2D eigenvalue weighted by Crippen LogP contribution is -2.43. The van der Waals surface area contributed by atoms with Crippen LogP contribution in [0, 0.1) is 12.8 Å². The fourth-order valence-corrected chi connectivity index (χ4v) is 5.73. The number of carbonyl (C=O) groups excluding carboxylic acids is 1. The maximum atomic E-state index is 13.5. The lowest BCUT2D eigenvalue weighted by molar-refractivity contribution is -0.132. The number of benzene rings is 2. The Hall–Kier alpha value is -2.74. The Morgan fingerprint density at radius 2 is 1.62 bits per heavy atom. The first-order valence-corrected chi connectivity index (χ1v) is 13.7. The highest BCUT2D eigenvalue weighted by molar-refractivity contribution is 7.92. The number of hydrogen-bond donors (Lipinski definition) is 0. The lowest BCUT2D eigenvalue weighted by Gasteiger charge is -2.27. The van der Waals surface area contributed by atoms with Gasteiger partial charge in [0.1, 0.15) is 0 Å². The molecule has 0 N–H and O–H groups in total. The highest BCUT2D eigenvalue weighted by Gasteiger charge is 2.26. The molecule has 1 heterocycles. The molecule has 0 bridgehead atoms. The van der Waals surface area contributed by atoms with E-state index in [1.54, 1.807) is 22.3 Å². The van der Waals surface area contributed by atoms with Crippen molar-refractivity contribution in [2.75, 3.05) is 13.1 Å². The maximum absolute atomic E-state index is 13.5. The molecule has 0 atom stereocenters. The molecule has 0 spiro atoms. The molecule has 0 saturated carbocycles. The van der Waals surface area contributed by atoms with Gasteiger partial charge >= 0.3 is 0 Å². The Morgan fingerprint density at radius 3 is 2.21 bits per heavy atom. The first-order chi connectivity index (χ1) is 16.2. The van der Waals surface area contributed by atoms with Gasteiger partial charge in [-0.25, -0.2) is 8.42 Å². The second kappa shape index (κ2) is 12.1. The molecule has 34 heavy (non-hydrogen) atoms. The lowest BCUT2D eigenvalue weighted by atomic mass is 10.2. The maximum Gasteiger partial charge on any atom is 0.238 e. The van der Waals surface area contributed by atoms with Gasteiger partial charge in [-0.3, -0.25) is 4.79 Å². The monoisotopic (exact) mass is 496 g/mol. The molecule has 1 amide bonds. The molecule has 0 saturated heterocycles. The van der Waals surface area contributed by atoms with Crippen LogP contribution < -0.4 is 0 Å². The third-order valence-electron chi connectivity index (χ3n) is 5.34. The number of thiophene rings is 1. The van der Waals surface area contributed by atoms with Crippen molar-refractivity contribution in [2.45, 2.75) is 33.9 Å². The summed E-state index contributed by atoms with van der Waals surface area (Å²) in [5, 5.41) is 3.21. The summed E-state index contributed by atoms with van der Waals surface area (Å²) in [6, 6.07) is 21.1. The molecule has 3 rings (SSSR count). The van der Waals surface area contributed by atoms with Crippen molar-refractivity contribution in [3.8, 4) is 0 Å². The third-order valence-corrected chi connectivity index (χ3v) is 7.83. The summed E-state index contributed by atoms with van der Waals surface area (Å²) >= 11 is 1.61. The van der Waals surface area contributed by atoms with E-state index >= 15 is 0 Å². The molecule has 0 aliphatic rings. The number of amides is 1. The van der Waals surface area contributed by atoms with Gasteiger partial charge in [0.2, 0.25) is 15.9 Å². The van der Waals surface area contributed by atoms with Crippen LogP contribution in [0.4, 0.5) is 0 Å². The van der Waals surface area contributed by atoms with E-state index < -0.39 is 10.0 Å². The van der Waals surface area contributed by atoms with Crippen molar-refractivity contribution in [1.29, 1.82) is 0 Å². The second-order valence-corrected chi connectivity index (χ2v) is 11.5. The number of sulfonamides is 1. The van der Waals surface area contributed by atoms with Gasteiger partial charge in [-0.15, -0.1) is 11.3 Å². The van der Waals surface area contributed by atoms with E-state index in [-0.39, 0.29) is 24.9 Å². The van der Waals surface area contributed by atoms with Gasteiger partial charge in [-0.2, -0.15) is 4.31 Å². The van der Waals surface area contributed by atoms with Crippen molar-refractivity contribution in [2.24, 2.45) is 5.92 Å². The van der Waals surface area contributed by atoms with Gasteiger partial charge in [0.05, 0.1) is 13.1 Å². The molecule has 0 fully saturated rings. The van der Waals surface area contributed by atoms with Gasteiger partial charge < -0.3 is 4.90 Å². The number of aryl methyl sites for hydroxylation is 1. The minimum absolute atomic E-state index is 0.0785. The van der Waals surface area contributed by atoms with E-state index in [1.807, 2.05) is 92.9 Å². The predicted octanol–water partition coefficient (Wildman–Crippen LogP) is 5.54. The summed E-state index contributed by atoms with van der Waals surface area (Å²) in [5.74, 6) is -0.135. The van der Waals surface area contributed by atoms with Crippen molar-refractivity contribution < 1.29 is 13.2 Å². The zero-order chi connectivity index (χ0) is 24.6. The number of nitrogens with zero attached hydrogens (tertiary/aromatic N) is 2. The summed E-state index contributed by atoms with van der Waals surface area (Å²) in [5.41, 5.74) is 2.93. The molecule has 2 aromatic carbocycles. The van der Waals surface area contributed by atoms with E-state index in [9.17, 15) is 13.2 Å². The zero-order valence-corrected chi connectivity index (χ0v) is 21.6. The zero-order valence-electron chi connectivity index (χ0n) is 19.9. The largest absolute Gasteiger partial charge is 0.332 e. The predicted molar refractivity (Wildman–Crippen MR) is 141 cm³/mol. The van der Waals surface area contributed by atoms with Gasteiger partial charge in [0.15, 0.2) is 0 Å².